The highest BCUT2D eigenvalue weighted by molar-refractivity contribution is 4.75. The Morgan fingerprint density at radius 1 is 0.950 bits per heavy atom. The van der Waals surface area contributed by atoms with Gasteiger partial charge in [0.2, 0.25) is 0 Å². The zero-order valence-corrected chi connectivity index (χ0v) is 15.0. The third-order valence-electron chi connectivity index (χ3n) is 4.52. The Morgan fingerprint density at radius 3 is 2.00 bits per heavy atom. The van der Waals surface area contributed by atoms with Gasteiger partial charge in [0.1, 0.15) is 0 Å². The molecular formula is C18H40N2. The van der Waals surface area contributed by atoms with Crippen LogP contribution >= 0.6 is 0 Å². The Balaban J connectivity index is 4.13. The van der Waals surface area contributed by atoms with Crippen molar-refractivity contribution in [2.45, 2.75) is 86.1 Å². The smallest absolute Gasteiger partial charge is 0.00385 e. The fourth-order valence-corrected chi connectivity index (χ4v) is 2.95. The van der Waals surface area contributed by atoms with E-state index in [0.717, 1.165) is 12.5 Å². The topological polar surface area (TPSA) is 29.3 Å². The molecule has 0 aliphatic rings. The summed E-state index contributed by atoms with van der Waals surface area (Å²) in [6.07, 6.45) is 7.82. The predicted molar refractivity (Wildman–Crippen MR) is 92.1 cm³/mol. The number of hydrogen-bond acceptors (Lipinski definition) is 2. The minimum atomic E-state index is 0.393. The largest absolute Gasteiger partial charge is 0.330 e. The normalized spacial score (nSPS) is 14.2. The minimum absolute atomic E-state index is 0.393. The molecule has 0 radical (unpaired) electrons. The first-order valence-electron chi connectivity index (χ1n) is 8.77. The van der Waals surface area contributed by atoms with E-state index in [1.54, 1.807) is 0 Å². The number of hydrogen-bond donors (Lipinski definition) is 1. The van der Waals surface area contributed by atoms with Gasteiger partial charge in [0.25, 0.3) is 0 Å². The molecule has 0 spiro atoms. The van der Waals surface area contributed by atoms with Crippen LogP contribution in [0.1, 0.15) is 80.1 Å². The average molecular weight is 285 g/mol. The molecule has 0 aromatic rings. The summed E-state index contributed by atoms with van der Waals surface area (Å²) in [6, 6.07) is 0.675. The van der Waals surface area contributed by atoms with E-state index in [-0.39, 0.29) is 0 Å². The predicted octanol–water partition coefficient (Wildman–Crippen LogP) is 4.68. The lowest BCUT2D eigenvalue weighted by Crippen LogP contribution is -2.33. The fourth-order valence-electron chi connectivity index (χ4n) is 2.95. The molecule has 0 bridgehead atoms. The highest BCUT2D eigenvalue weighted by atomic mass is 15.1. The summed E-state index contributed by atoms with van der Waals surface area (Å²) in [6.45, 7) is 17.3. The number of rotatable bonds is 11. The van der Waals surface area contributed by atoms with E-state index in [1.807, 2.05) is 0 Å². The van der Waals surface area contributed by atoms with Gasteiger partial charge in [-0.15, -0.1) is 0 Å². The van der Waals surface area contributed by atoms with Crippen LogP contribution in [0.4, 0.5) is 0 Å². The van der Waals surface area contributed by atoms with Gasteiger partial charge in [0, 0.05) is 6.04 Å². The second kappa shape index (κ2) is 10.6. The van der Waals surface area contributed by atoms with Crippen LogP contribution in [0.2, 0.25) is 0 Å². The van der Waals surface area contributed by atoms with E-state index < -0.39 is 0 Å². The summed E-state index contributed by atoms with van der Waals surface area (Å²) in [5.74, 6) is 0.761. The molecule has 20 heavy (non-hydrogen) atoms. The average Bonchev–Trinajstić information content (AvgIpc) is 2.34. The first kappa shape index (κ1) is 19.9. The van der Waals surface area contributed by atoms with Crippen LogP contribution in [-0.2, 0) is 0 Å². The lowest BCUT2D eigenvalue weighted by atomic mass is 9.76. The molecule has 0 aliphatic heterocycles. The summed E-state index contributed by atoms with van der Waals surface area (Å²) in [7, 11) is 0. The van der Waals surface area contributed by atoms with Gasteiger partial charge in [-0.05, 0) is 70.5 Å². The molecule has 2 nitrogen and oxygen atoms in total. The van der Waals surface area contributed by atoms with Crippen molar-refractivity contribution in [3.63, 3.8) is 0 Å². The van der Waals surface area contributed by atoms with E-state index >= 15 is 0 Å². The first-order chi connectivity index (χ1) is 9.32. The Morgan fingerprint density at radius 2 is 1.55 bits per heavy atom. The molecule has 0 fully saturated rings. The van der Waals surface area contributed by atoms with Gasteiger partial charge in [0.15, 0.2) is 0 Å². The maximum Gasteiger partial charge on any atom is 0.00385 e. The molecule has 0 aromatic heterocycles. The Kier molecular flexibility index (Phi) is 10.6. The molecule has 0 saturated heterocycles. The molecule has 0 aliphatic carbocycles. The molecule has 1 atom stereocenters. The van der Waals surface area contributed by atoms with E-state index in [9.17, 15) is 0 Å². The summed E-state index contributed by atoms with van der Waals surface area (Å²) in [4.78, 5) is 2.65. The fraction of sp³-hybridized carbons (Fsp3) is 1.00. The monoisotopic (exact) mass is 284 g/mol. The summed E-state index contributed by atoms with van der Waals surface area (Å²) < 4.78 is 0. The summed E-state index contributed by atoms with van der Waals surface area (Å²) >= 11 is 0. The highest BCUT2D eigenvalue weighted by Gasteiger charge is 2.23. The van der Waals surface area contributed by atoms with Crippen LogP contribution in [0.3, 0.4) is 0 Å². The third kappa shape index (κ3) is 8.97. The van der Waals surface area contributed by atoms with Crippen LogP contribution in [-0.4, -0.2) is 30.6 Å². The van der Waals surface area contributed by atoms with Crippen LogP contribution in [0.5, 0.6) is 0 Å². The van der Waals surface area contributed by atoms with Crippen molar-refractivity contribution in [2.75, 3.05) is 19.6 Å². The third-order valence-corrected chi connectivity index (χ3v) is 4.52. The minimum Gasteiger partial charge on any atom is -0.330 e. The number of nitrogens with zero attached hydrogens (tertiary/aromatic N) is 1. The molecule has 0 aromatic carbocycles. The van der Waals surface area contributed by atoms with Gasteiger partial charge in [-0.25, -0.2) is 0 Å². The Labute approximate surface area is 128 Å². The highest BCUT2D eigenvalue weighted by Crippen LogP contribution is 2.32. The number of nitrogens with two attached hydrogens (primary N) is 1. The van der Waals surface area contributed by atoms with Crippen LogP contribution < -0.4 is 5.73 Å². The zero-order valence-electron chi connectivity index (χ0n) is 15.0. The van der Waals surface area contributed by atoms with E-state index in [1.165, 1.54) is 51.6 Å². The molecule has 2 N–H and O–H groups in total. The van der Waals surface area contributed by atoms with Crippen LogP contribution in [0.15, 0.2) is 0 Å². The van der Waals surface area contributed by atoms with Gasteiger partial charge >= 0.3 is 0 Å². The van der Waals surface area contributed by atoms with Gasteiger partial charge in [-0.2, -0.15) is 0 Å². The quantitative estimate of drug-likeness (QED) is 0.558. The summed E-state index contributed by atoms with van der Waals surface area (Å²) in [5, 5.41) is 0. The second-order valence-corrected chi connectivity index (χ2v) is 7.62. The van der Waals surface area contributed by atoms with E-state index in [2.05, 4.69) is 46.4 Å². The molecule has 0 saturated carbocycles. The molecule has 0 heterocycles. The van der Waals surface area contributed by atoms with E-state index in [0.29, 0.717) is 11.5 Å². The van der Waals surface area contributed by atoms with Gasteiger partial charge in [0.05, 0.1) is 0 Å². The SMILES string of the molecule is CCCCCN(CCCC(CCN)C(C)(C)C)C(C)C. The van der Waals surface area contributed by atoms with E-state index in [4.69, 9.17) is 5.73 Å². The molecule has 122 valence electrons. The lowest BCUT2D eigenvalue weighted by Gasteiger charge is -2.32. The van der Waals surface area contributed by atoms with Crippen molar-refractivity contribution >= 4 is 0 Å². The van der Waals surface area contributed by atoms with Crippen molar-refractivity contribution in [1.29, 1.82) is 0 Å². The molecule has 2 heteroatoms. The molecule has 0 amide bonds. The molecule has 1 unspecified atom stereocenters. The van der Waals surface area contributed by atoms with Crippen LogP contribution in [0.25, 0.3) is 0 Å². The Hall–Kier alpha value is -0.0800. The van der Waals surface area contributed by atoms with Gasteiger partial charge in [-0.1, -0.05) is 40.5 Å². The van der Waals surface area contributed by atoms with Crippen molar-refractivity contribution in [3.05, 3.63) is 0 Å². The van der Waals surface area contributed by atoms with Crippen molar-refractivity contribution in [1.82, 2.24) is 4.90 Å². The zero-order chi connectivity index (χ0) is 15.6. The van der Waals surface area contributed by atoms with Crippen LogP contribution in [0, 0.1) is 11.3 Å². The molecular weight excluding hydrogens is 244 g/mol. The first-order valence-corrected chi connectivity index (χ1v) is 8.77. The van der Waals surface area contributed by atoms with Gasteiger partial charge in [-0.3, -0.25) is 0 Å². The lowest BCUT2D eigenvalue weighted by molar-refractivity contribution is 0.176. The standard InChI is InChI=1S/C18H40N2/c1-7-8-9-14-20(16(2)3)15-10-11-17(12-13-19)18(4,5)6/h16-17H,7-15,19H2,1-6H3. The number of unbranched alkanes of at least 4 members (excludes halogenated alkanes) is 2. The van der Waals surface area contributed by atoms with Crippen molar-refractivity contribution < 1.29 is 0 Å². The molecule has 0 rings (SSSR count). The Bertz CT molecular complexity index is 218. The van der Waals surface area contributed by atoms with Gasteiger partial charge < -0.3 is 10.6 Å². The second-order valence-electron chi connectivity index (χ2n) is 7.62. The summed E-state index contributed by atoms with van der Waals surface area (Å²) in [5.41, 5.74) is 6.17. The van der Waals surface area contributed by atoms with Crippen molar-refractivity contribution in [3.8, 4) is 0 Å². The maximum atomic E-state index is 5.78. The van der Waals surface area contributed by atoms with Crippen molar-refractivity contribution in [2.24, 2.45) is 17.1 Å². The maximum absolute atomic E-state index is 5.78.